The van der Waals surface area contributed by atoms with E-state index in [2.05, 4.69) is 22.5 Å². The Morgan fingerprint density at radius 2 is 2.10 bits per heavy atom. The summed E-state index contributed by atoms with van der Waals surface area (Å²) in [6.45, 7) is 0.760. The van der Waals surface area contributed by atoms with Crippen molar-refractivity contribution in [2.24, 2.45) is 16.6 Å². The molecule has 1 aliphatic rings. The first-order chi connectivity index (χ1) is 10.2. The molecule has 3 N–H and O–H groups in total. The van der Waals surface area contributed by atoms with E-state index >= 15 is 0 Å². The Hall–Kier alpha value is -2.17. The summed E-state index contributed by atoms with van der Waals surface area (Å²) in [6, 6.07) is 5.55. The van der Waals surface area contributed by atoms with Crippen molar-refractivity contribution in [3.05, 3.63) is 30.4 Å². The molecule has 0 aromatic heterocycles. The summed E-state index contributed by atoms with van der Waals surface area (Å²) in [5.74, 6) is 2.37. The van der Waals surface area contributed by atoms with E-state index in [0.717, 1.165) is 25.1 Å². The van der Waals surface area contributed by atoms with Crippen molar-refractivity contribution < 1.29 is 9.47 Å². The van der Waals surface area contributed by atoms with Crippen molar-refractivity contribution in [1.82, 2.24) is 0 Å². The Kier molecular flexibility index (Phi) is 5.49. The van der Waals surface area contributed by atoms with Crippen molar-refractivity contribution in [2.75, 3.05) is 26.1 Å². The van der Waals surface area contributed by atoms with Crippen LogP contribution in [0.2, 0.25) is 0 Å². The van der Waals surface area contributed by atoms with Crippen LogP contribution in [-0.2, 0) is 0 Å². The third-order valence-corrected chi connectivity index (χ3v) is 3.55. The highest BCUT2D eigenvalue weighted by Gasteiger charge is 2.09. The van der Waals surface area contributed by atoms with Gasteiger partial charge in [0.15, 0.2) is 17.5 Å². The van der Waals surface area contributed by atoms with Gasteiger partial charge in [-0.15, -0.1) is 0 Å². The predicted molar refractivity (Wildman–Crippen MR) is 86.1 cm³/mol. The van der Waals surface area contributed by atoms with Crippen molar-refractivity contribution in [1.29, 1.82) is 0 Å². The number of ether oxygens (including phenoxy) is 2. The Morgan fingerprint density at radius 3 is 2.76 bits per heavy atom. The minimum absolute atomic E-state index is 0.428. The quantitative estimate of drug-likeness (QED) is 0.497. The third kappa shape index (κ3) is 4.41. The lowest BCUT2D eigenvalue weighted by Crippen LogP contribution is -2.24. The number of hydrogen-bond acceptors (Lipinski definition) is 3. The zero-order chi connectivity index (χ0) is 15.1. The highest BCUT2D eigenvalue weighted by molar-refractivity contribution is 5.92. The van der Waals surface area contributed by atoms with Gasteiger partial charge in [0.25, 0.3) is 0 Å². The standard InChI is InChI=1S/C16H23N3O2/c1-20-14-9-8-13(10-15(14)21-2)19-16(17)18-11-12-6-4-3-5-7-12/h3-4,8-10,12H,5-7,11H2,1-2H3,(H3,17,18,19). The van der Waals surface area contributed by atoms with Crippen molar-refractivity contribution in [3.63, 3.8) is 0 Å². The molecule has 0 amide bonds. The van der Waals surface area contributed by atoms with Crippen LogP contribution >= 0.6 is 0 Å². The van der Waals surface area contributed by atoms with Gasteiger partial charge in [0.05, 0.1) is 14.2 Å². The molecule has 1 unspecified atom stereocenters. The van der Waals surface area contributed by atoms with Crippen LogP contribution in [0.3, 0.4) is 0 Å². The first-order valence-electron chi connectivity index (χ1n) is 7.17. The smallest absolute Gasteiger partial charge is 0.193 e. The lowest BCUT2D eigenvalue weighted by molar-refractivity contribution is 0.355. The number of nitrogens with zero attached hydrogens (tertiary/aromatic N) is 1. The summed E-state index contributed by atoms with van der Waals surface area (Å²) < 4.78 is 10.5. The molecule has 0 aliphatic heterocycles. The van der Waals surface area contributed by atoms with Gasteiger partial charge in [0.2, 0.25) is 0 Å². The number of hydrogen-bond donors (Lipinski definition) is 2. The zero-order valence-corrected chi connectivity index (χ0v) is 12.6. The van der Waals surface area contributed by atoms with Crippen LogP contribution in [-0.4, -0.2) is 26.7 Å². The fourth-order valence-electron chi connectivity index (χ4n) is 2.35. The first-order valence-corrected chi connectivity index (χ1v) is 7.17. The second kappa shape index (κ2) is 7.57. The Morgan fingerprint density at radius 1 is 1.29 bits per heavy atom. The van der Waals surface area contributed by atoms with E-state index in [-0.39, 0.29) is 0 Å². The number of nitrogens with two attached hydrogens (primary N) is 1. The number of guanidine groups is 1. The summed E-state index contributed by atoms with van der Waals surface area (Å²) in [6.07, 6.45) is 7.87. The molecule has 0 saturated carbocycles. The number of rotatable bonds is 5. The molecular weight excluding hydrogens is 266 g/mol. The van der Waals surface area contributed by atoms with E-state index in [1.54, 1.807) is 14.2 Å². The molecule has 1 aromatic rings. The van der Waals surface area contributed by atoms with Gasteiger partial charge in [-0.2, -0.15) is 0 Å². The second-order valence-electron chi connectivity index (χ2n) is 5.07. The first kappa shape index (κ1) is 15.2. The van der Waals surface area contributed by atoms with Gasteiger partial charge in [-0.25, -0.2) is 0 Å². The maximum absolute atomic E-state index is 5.93. The van der Waals surface area contributed by atoms with E-state index in [0.29, 0.717) is 23.4 Å². The number of methoxy groups -OCH3 is 2. The predicted octanol–water partition coefficient (Wildman–Crippen LogP) is 2.79. The molecule has 0 saturated heterocycles. The van der Waals surface area contributed by atoms with E-state index < -0.39 is 0 Å². The Bertz CT molecular complexity index is 526. The van der Waals surface area contributed by atoms with Gasteiger partial charge in [0, 0.05) is 18.3 Å². The summed E-state index contributed by atoms with van der Waals surface area (Å²) in [7, 11) is 3.22. The second-order valence-corrected chi connectivity index (χ2v) is 5.07. The zero-order valence-electron chi connectivity index (χ0n) is 12.6. The van der Waals surface area contributed by atoms with E-state index in [1.807, 2.05) is 18.2 Å². The van der Waals surface area contributed by atoms with Crippen molar-refractivity contribution in [2.45, 2.75) is 19.3 Å². The molecule has 0 spiro atoms. The molecule has 114 valence electrons. The average Bonchev–Trinajstić information content (AvgIpc) is 2.53. The number of aliphatic imine (C=N–C) groups is 1. The SMILES string of the molecule is COc1ccc(NC(N)=NCC2CC=CCC2)cc1OC. The van der Waals surface area contributed by atoms with Gasteiger partial charge < -0.3 is 20.5 Å². The molecule has 1 aromatic carbocycles. The Labute approximate surface area is 125 Å². The summed E-state index contributed by atoms with van der Waals surface area (Å²) >= 11 is 0. The number of benzene rings is 1. The van der Waals surface area contributed by atoms with Gasteiger partial charge in [0.1, 0.15) is 0 Å². The lowest BCUT2D eigenvalue weighted by atomic mass is 9.95. The molecule has 5 heteroatoms. The van der Waals surface area contributed by atoms with Crippen LogP contribution in [0.5, 0.6) is 11.5 Å². The summed E-state index contributed by atoms with van der Waals surface area (Å²) in [5, 5.41) is 3.08. The monoisotopic (exact) mass is 289 g/mol. The molecule has 1 atom stereocenters. The molecule has 5 nitrogen and oxygen atoms in total. The van der Waals surface area contributed by atoms with Gasteiger partial charge in [-0.1, -0.05) is 12.2 Å². The van der Waals surface area contributed by atoms with Crippen LogP contribution < -0.4 is 20.5 Å². The molecule has 2 rings (SSSR count). The van der Waals surface area contributed by atoms with Gasteiger partial charge in [-0.05, 0) is 37.3 Å². The van der Waals surface area contributed by atoms with Crippen LogP contribution in [0.4, 0.5) is 5.69 Å². The van der Waals surface area contributed by atoms with E-state index in [9.17, 15) is 0 Å². The minimum atomic E-state index is 0.428. The third-order valence-electron chi connectivity index (χ3n) is 3.55. The molecular formula is C16H23N3O2. The fourth-order valence-corrected chi connectivity index (χ4v) is 2.35. The van der Waals surface area contributed by atoms with Crippen LogP contribution in [0, 0.1) is 5.92 Å². The molecule has 0 fully saturated rings. The topological polar surface area (TPSA) is 68.9 Å². The van der Waals surface area contributed by atoms with Crippen LogP contribution in [0.25, 0.3) is 0 Å². The van der Waals surface area contributed by atoms with E-state index in [4.69, 9.17) is 15.2 Å². The largest absolute Gasteiger partial charge is 0.493 e. The molecule has 1 aliphatic carbocycles. The maximum atomic E-state index is 5.93. The van der Waals surface area contributed by atoms with Crippen molar-refractivity contribution >= 4 is 11.6 Å². The van der Waals surface area contributed by atoms with Crippen LogP contribution in [0.15, 0.2) is 35.3 Å². The maximum Gasteiger partial charge on any atom is 0.193 e. The molecule has 0 radical (unpaired) electrons. The van der Waals surface area contributed by atoms with Gasteiger partial charge in [-0.3, -0.25) is 4.99 Å². The van der Waals surface area contributed by atoms with Crippen molar-refractivity contribution in [3.8, 4) is 11.5 Å². The Balaban J connectivity index is 1.95. The summed E-state index contributed by atoms with van der Waals surface area (Å²) in [5.41, 5.74) is 6.76. The highest BCUT2D eigenvalue weighted by Crippen LogP contribution is 2.29. The fraction of sp³-hybridized carbons (Fsp3) is 0.438. The number of allylic oxidation sites excluding steroid dienone is 2. The van der Waals surface area contributed by atoms with Crippen LogP contribution in [0.1, 0.15) is 19.3 Å². The average molecular weight is 289 g/mol. The molecule has 0 bridgehead atoms. The highest BCUT2D eigenvalue weighted by atomic mass is 16.5. The minimum Gasteiger partial charge on any atom is -0.493 e. The number of anilines is 1. The lowest BCUT2D eigenvalue weighted by Gasteiger charge is -2.15. The van der Waals surface area contributed by atoms with Gasteiger partial charge >= 0.3 is 0 Å². The van der Waals surface area contributed by atoms with E-state index in [1.165, 1.54) is 6.42 Å². The summed E-state index contributed by atoms with van der Waals surface area (Å²) in [4.78, 5) is 4.42. The normalized spacial score (nSPS) is 18.4. The molecule has 21 heavy (non-hydrogen) atoms. The molecule has 0 heterocycles. The number of nitrogens with one attached hydrogen (secondary N) is 1.